The highest BCUT2D eigenvalue weighted by Crippen LogP contribution is 2.47. The van der Waals surface area contributed by atoms with E-state index in [2.05, 4.69) is 22.1 Å². The minimum Gasteiger partial charge on any atom is -0.481 e. The Labute approximate surface area is 171 Å². The Morgan fingerprint density at radius 3 is 2.76 bits per heavy atom. The summed E-state index contributed by atoms with van der Waals surface area (Å²) in [6.45, 7) is 4.33. The Balaban J connectivity index is 1.49. The molecule has 0 aromatic carbocycles. The molecule has 2 aliphatic heterocycles. The third-order valence-electron chi connectivity index (χ3n) is 6.99. The van der Waals surface area contributed by atoms with E-state index in [0.717, 1.165) is 63.0 Å². The first kappa shape index (κ1) is 19.9. The first-order chi connectivity index (χ1) is 14.0. The summed E-state index contributed by atoms with van der Waals surface area (Å²) in [5.74, 6) is 0.583. The van der Waals surface area contributed by atoms with Crippen LogP contribution < -0.4 is 10.1 Å². The Bertz CT molecular complexity index is 791. The largest absolute Gasteiger partial charge is 0.481 e. The molecule has 3 aliphatic rings. The highest BCUT2D eigenvalue weighted by atomic mass is 16.5. The van der Waals surface area contributed by atoms with Gasteiger partial charge in [0, 0.05) is 37.8 Å². The minimum absolute atomic E-state index is 0.0346. The van der Waals surface area contributed by atoms with Crippen molar-refractivity contribution in [3.8, 4) is 5.88 Å². The molecule has 1 aliphatic carbocycles. The van der Waals surface area contributed by atoms with E-state index in [4.69, 9.17) is 4.74 Å². The van der Waals surface area contributed by atoms with Crippen LogP contribution in [0.15, 0.2) is 12.1 Å². The summed E-state index contributed by atoms with van der Waals surface area (Å²) >= 11 is 0. The van der Waals surface area contributed by atoms with Crippen LogP contribution >= 0.6 is 0 Å². The van der Waals surface area contributed by atoms with Crippen molar-refractivity contribution in [2.45, 2.75) is 62.9 Å². The van der Waals surface area contributed by atoms with Gasteiger partial charge in [-0.05, 0) is 44.6 Å². The number of hydrogen-bond donors (Lipinski definition) is 2. The lowest BCUT2D eigenvalue weighted by Crippen LogP contribution is -2.49. The van der Waals surface area contributed by atoms with E-state index in [0.29, 0.717) is 18.5 Å². The van der Waals surface area contributed by atoms with Crippen LogP contribution in [0.4, 0.5) is 10.5 Å². The van der Waals surface area contributed by atoms with Gasteiger partial charge in [-0.1, -0.05) is 6.92 Å². The maximum absolute atomic E-state index is 12.9. The number of hydrogen-bond acceptors (Lipinski definition) is 5. The van der Waals surface area contributed by atoms with Crippen molar-refractivity contribution in [3.63, 3.8) is 0 Å². The third kappa shape index (κ3) is 3.43. The zero-order chi connectivity index (χ0) is 20.6. The molecule has 29 heavy (non-hydrogen) atoms. The highest BCUT2D eigenvalue weighted by molar-refractivity contribution is 6.05. The molecule has 1 unspecified atom stereocenters. The molecule has 1 spiro atoms. The zero-order valence-electron chi connectivity index (χ0n) is 17.2. The lowest BCUT2D eigenvalue weighted by atomic mass is 9.70. The van der Waals surface area contributed by atoms with Crippen LogP contribution in [-0.2, 0) is 10.2 Å². The van der Waals surface area contributed by atoms with Crippen LogP contribution in [0.2, 0.25) is 0 Å². The molecular formula is C21H30N4O4. The number of rotatable bonds is 3. The fourth-order valence-corrected chi connectivity index (χ4v) is 5.31. The quantitative estimate of drug-likeness (QED) is 0.807. The summed E-state index contributed by atoms with van der Waals surface area (Å²) in [5, 5.41) is 12.5. The number of methoxy groups -OCH3 is 1. The second-order valence-electron chi connectivity index (χ2n) is 8.40. The Kier molecular flexibility index (Phi) is 5.38. The predicted molar refractivity (Wildman–Crippen MR) is 108 cm³/mol. The fourth-order valence-electron chi connectivity index (χ4n) is 5.31. The molecule has 1 saturated carbocycles. The molecule has 2 amide bonds. The van der Waals surface area contributed by atoms with E-state index in [1.165, 1.54) is 0 Å². The predicted octanol–water partition coefficient (Wildman–Crippen LogP) is 2.69. The van der Waals surface area contributed by atoms with Gasteiger partial charge >= 0.3 is 6.09 Å². The van der Waals surface area contributed by atoms with Crippen molar-refractivity contribution in [1.29, 1.82) is 0 Å². The topological polar surface area (TPSA) is 95.0 Å². The average Bonchev–Trinajstić information content (AvgIpc) is 2.88. The molecule has 8 nitrogen and oxygen atoms in total. The molecule has 0 radical (unpaired) electrons. The smallest absolute Gasteiger partial charge is 0.407 e. The molecule has 1 atom stereocenters. The number of amides is 2. The van der Waals surface area contributed by atoms with Crippen LogP contribution in [0.5, 0.6) is 5.88 Å². The van der Waals surface area contributed by atoms with Gasteiger partial charge in [-0.15, -0.1) is 0 Å². The normalized spacial score (nSPS) is 30.0. The summed E-state index contributed by atoms with van der Waals surface area (Å²) in [5.41, 5.74) is 1.05. The van der Waals surface area contributed by atoms with Crippen molar-refractivity contribution < 1.29 is 19.4 Å². The number of fused-ring (bicyclic) bond motifs is 2. The molecule has 1 aromatic heterocycles. The molecule has 1 saturated heterocycles. The van der Waals surface area contributed by atoms with Gasteiger partial charge in [0.25, 0.3) is 0 Å². The maximum atomic E-state index is 12.9. The van der Waals surface area contributed by atoms with E-state index >= 15 is 0 Å². The number of carbonyl (C=O) groups is 2. The van der Waals surface area contributed by atoms with Crippen LogP contribution in [0, 0.1) is 0 Å². The minimum atomic E-state index is -0.819. The summed E-state index contributed by atoms with van der Waals surface area (Å²) < 4.78 is 5.28. The van der Waals surface area contributed by atoms with Crippen LogP contribution in [0.25, 0.3) is 0 Å². The molecule has 1 aromatic rings. The molecule has 2 N–H and O–H groups in total. The molecule has 3 heterocycles. The molecule has 158 valence electrons. The van der Waals surface area contributed by atoms with Gasteiger partial charge in [0.2, 0.25) is 11.8 Å². The second kappa shape index (κ2) is 7.82. The summed E-state index contributed by atoms with van der Waals surface area (Å²) in [7, 11) is 1.59. The van der Waals surface area contributed by atoms with Crippen molar-refractivity contribution in [1.82, 2.24) is 14.8 Å². The van der Waals surface area contributed by atoms with E-state index in [1.807, 2.05) is 6.07 Å². The van der Waals surface area contributed by atoms with E-state index in [9.17, 15) is 14.7 Å². The zero-order valence-corrected chi connectivity index (χ0v) is 17.2. The number of nitrogens with zero attached hydrogens (tertiary/aromatic N) is 3. The molecule has 4 rings (SSSR count). The number of ether oxygens (including phenoxy) is 1. The van der Waals surface area contributed by atoms with E-state index < -0.39 is 11.5 Å². The van der Waals surface area contributed by atoms with Crippen molar-refractivity contribution >= 4 is 17.7 Å². The summed E-state index contributed by atoms with van der Waals surface area (Å²) in [6, 6.07) is 4.07. The fraction of sp³-hybridized carbons (Fsp3) is 0.667. The van der Waals surface area contributed by atoms with Gasteiger partial charge in [0.1, 0.15) is 0 Å². The number of anilines is 1. The first-order valence-corrected chi connectivity index (χ1v) is 10.6. The number of pyridine rings is 1. The molecule has 8 heteroatoms. The van der Waals surface area contributed by atoms with Gasteiger partial charge in [-0.25, -0.2) is 9.78 Å². The first-order valence-electron chi connectivity index (χ1n) is 10.6. The number of carbonyl (C=O) groups excluding carboxylic acids is 1. The Morgan fingerprint density at radius 1 is 1.34 bits per heavy atom. The Morgan fingerprint density at radius 2 is 2.10 bits per heavy atom. The van der Waals surface area contributed by atoms with Crippen LogP contribution in [0.3, 0.4) is 0 Å². The third-order valence-corrected chi connectivity index (χ3v) is 6.99. The van der Waals surface area contributed by atoms with Gasteiger partial charge in [-0.3, -0.25) is 9.69 Å². The lowest BCUT2D eigenvalue weighted by Gasteiger charge is -2.41. The van der Waals surface area contributed by atoms with Gasteiger partial charge < -0.3 is 20.1 Å². The van der Waals surface area contributed by atoms with E-state index in [-0.39, 0.29) is 11.9 Å². The molecule has 2 fully saturated rings. The highest BCUT2D eigenvalue weighted by Gasteiger charge is 2.51. The molecular weight excluding hydrogens is 372 g/mol. The van der Waals surface area contributed by atoms with Crippen LogP contribution in [0.1, 0.15) is 51.1 Å². The maximum Gasteiger partial charge on any atom is 0.407 e. The van der Waals surface area contributed by atoms with Crippen LogP contribution in [-0.4, -0.2) is 70.7 Å². The van der Waals surface area contributed by atoms with Crippen molar-refractivity contribution in [2.75, 3.05) is 32.1 Å². The van der Waals surface area contributed by atoms with Gasteiger partial charge in [0.15, 0.2) is 0 Å². The number of nitrogens with one attached hydrogen (secondary N) is 1. The van der Waals surface area contributed by atoms with Gasteiger partial charge in [0.05, 0.1) is 23.9 Å². The number of carboxylic acid groups (broad SMARTS) is 1. The van der Waals surface area contributed by atoms with Gasteiger partial charge in [-0.2, -0.15) is 0 Å². The number of aromatic nitrogens is 1. The summed E-state index contributed by atoms with van der Waals surface area (Å²) in [4.78, 5) is 33.1. The lowest BCUT2D eigenvalue weighted by molar-refractivity contribution is -0.122. The standard InChI is InChI=1S/C21H30N4O4/c1-3-14-13-24(11-4-12-25(14)20(27)28)15-7-9-21(10-8-15)18-16(22-19(21)26)5-6-17(23-18)29-2/h5-6,14-15H,3-4,7-13H2,1-2H3,(H,22,26)(H,27,28). The second-order valence-corrected chi connectivity index (χ2v) is 8.40. The SMILES string of the molecule is CCC1CN(C2CCC3(CC2)C(=O)Nc2ccc(OC)nc23)CCCN1C(=O)O. The summed E-state index contributed by atoms with van der Waals surface area (Å²) in [6.07, 6.45) is 4.19. The Hall–Kier alpha value is -2.35. The monoisotopic (exact) mass is 402 g/mol. The van der Waals surface area contributed by atoms with Crippen molar-refractivity contribution in [3.05, 3.63) is 17.8 Å². The molecule has 0 bridgehead atoms. The van der Waals surface area contributed by atoms with Crippen molar-refractivity contribution in [2.24, 2.45) is 0 Å². The average molecular weight is 402 g/mol. The van der Waals surface area contributed by atoms with E-state index in [1.54, 1.807) is 18.1 Å².